The van der Waals surface area contributed by atoms with Crippen LogP contribution in [-0.4, -0.2) is 302 Å². The van der Waals surface area contributed by atoms with E-state index in [9.17, 15) is 53.7 Å². The van der Waals surface area contributed by atoms with Crippen molar-refractivity contribution in [3.8, 4) is 5.75 Å². The number of amides is 15. The van der Waals surface area contributed by atoms with Gasteiger partial charge < -0.3 is 109 Å². The van der Waals surface area contributed by atoms with Crippen molar-refractivity contribution in [1.29, 1.82) is 0 Å². The lowest BCUT2D eigenvalue weighted by Crippen LogP contribution is -2.60. The standard InChI is InChI=1S/C95H126N20O20S/c1-9-11-22-75-89(129)105-68(35-56-29-31-98-32-30-56)87(127)110-74(86(126)102-47-82(97)122)50-136-51-83(123)104-71(36-55-25-27-62(117)28-26-55)92(132)111(6)54(5)84(124)107-72(43-81(96)121)93(133)114-33-17-24-76(114)90(130)106-69(41-61-46-99-52-103-61)88(128)108-70(34-53(3)4)94(134)115-48-63(118)42-78(115)80(120)39-57(37-59-44-100-66-20-15-13-18-64(59)66)85(125)109-73(49-116)79(119)40-58(38-60-45-101-67-21-16-14-19-65(60)67)91(131)113(8)77(23-12-10-2)95(135)112(75)7/h13-16,18-21,25-32,44-46,52-54,57-58,63,68-78,100-101,116-118H,9-12,17,22-24,33-43,47-51H2,1-8H3,(H2,96,121)(H2,97,122)(H,99,103)(H,102,126)(H,104,123)(H,105,129)(H,106,130)(H,107,124)(H,108,128)(H,109,125)(H,110,127)/t54-,57+,58+,63+,68-,69-,70-,71-,72-,73-,74-,75-,76-,77-,78-/m0/s1. The molecule has 0 radical (unpaired) electrons. The fourth-order valence-corrected chi connectivity index (χ4v) is 18.4. The number of phenols is 1. The molecule has 40 nitrogen and oxygen atoms in total. The van der Waals surface area contributed by atoms with Gasteiger partial charge in [-0.05, 0) is 116 Å². The molecule has 41 heteroatoms. The normalized spacial score (nSPS) is 24.8. The molecule has 3 aliphatic heterocycles. The number of unbranched alkanes of at least 4 members (excludes halogenated alkanes) is 2. The number of phenolic OH excluding ortho intramolecular Hbond substituents is 1. The van der Waals surface area contributed by atoms with E-state index in [-0.39, 0.29) is 88.8 Å². The lowest BCUT2D eigenvalue weighted by atomic mass is 9.88. The zero-order valence-electron chi connectivity index (χ0n) is 77.7. The van der Waals surface area contributed by atoms with Crippen LogP contribution in [0.15, 0.2) is 122 Å². The van der Waals surface area contributed by atoms with Gasteiger partial charge in [-0.1, -0.05) is 102 Å². The van der Waals surface area contributed by atoms with Crippen molar-refractivity contribution < 1.29 is 96.8 Å². The maximum atomic E-state index is 15.9. The summed E-state index contributed by atoms with van der Waals surface area (Å²) in [6, 6.07) is 4.97. The Hall–Kier alpha value is -13.4. The molecule has 15 atom stereocenters. The Morgan fingerprint density at radius 1 is 0.551 bits per heavy atom. The number of nitrogens with one attached hydrogen (secondary N) is 11. The number of para-hydroxylation sites is 2. The van der Waals surface area contributed by atoms with Gasteiger partial charge in [0.15, 0.2) is 11.6 Å². The maximum Gasteiger partial charge on any atom is 0.246 e. The lowest BCUT2D eigenvalue weighted by Gasteiger charge is -2.36. The Kier molecular flexibility index (Phi) is 38.2. The number of aromatic hydroxyl groups is 1. The molecular formula is C95H126N20O20S. The average Bonchev–Trinajstić information content (AvgIpc) is 1.65. The van der Waals surface area contributed by atoms with Crippen LogP contribution in [0.25, 0.3) is 21.8 Å². The first-order valence-corrected chi connectivity index (χ1v) is 47.1. The number of hydrogen-bond acceptors (Lipinski definition) is 23. The number of ketones is 2. The molecule has 10 rings (SSSR count). The molecule has 7 aromatic rings. The number of rotatable bonds is 24. The third kappa shape index (κ3) is 28.3. The van der Waals surface area contributed by atoms with Crippen LogP contribution in [0.1, 0.15) is 146 Å². The number of nitrogens with two attached hydrogens (primary N) is 2. The minimum Gasteiger partial charge on any atom is -0.508 e. The number of imidazole rings is 1. The van der Waals surface area contributed by atoms with Gasteiger partial charge in [0.1, 0.15) is 72.2 Å². The van der Waals surface area contributed by atoms with Gasteiger partial charge in [-0.15, -0.1) is 11.8 Å². The number of likely N-dealkylation sites (N-methyl/N-ethyl adjacent to an activating group) is 3. The summed E-state index contributed by atoms with van der Waals surface area (Å²) in [4.78, 5) is 275. The molecule has 3 saturated heterocycles. The number of aromatic amines is 3. The van der Waals surface area contributed by atoms with Gasteiger partial charge in [-0.25, -0.2) is 4.98 Å². The second-order valence-electron chi connectivity index (χ2n) is 35.7. The van der Waals surface area contributed by atoms with Crippen molar-refractivity contribution in [1.82, 2.24) is 92.0 Å². The van der Waals surface area contributed by atoms with Crippen molar-refractivity contribution >= 4 is 134 Å². The summed E-state index contributed by atoms with van der Waals surface area (Å²) >= 11 is 0.784. The van der Waals surface area contributed by atoms with Crippen molar-refractivity contribution in [2.24, 2.45) is 29.2 Å². The summed E-state index contributed by atoms with van der Waals surface area (Å²) in [6.45, 7) is 6.30. The highest BCUT2D eigenvalue weighted by molar-refractivity contribution is 8.00. The Morgan fingerprint density at radius 3 is 1.74 bits per heavy atom. The van der Waals surface area contributed by atoms with Gasteiger partial charge in [-0.3, -0.25) is 86.5 Å². The highest BCUT2D eigenvalue weighted by Crippen LogP contribution is 2.32. The molecule has 3 aromatic carbocycles. The van der Waals surface area contributed by atoms with Crippen molar-refractivity contribution in [2.75, 3.05) is 58.9 Å². The van der Waals surface area contributed by atoms with Crippen LogP contribution in [0, 0.1) is 17.8 Å². The minimum absolute atomic E-state index is 0.00642. The summed E-state index contributed by atoms with van der Waals surface area (Å²) in [5.74, 6) is -19.1. The number of Topliss-reactive ketones (excluding diaryl/α,β-unsaturated/α-hetero) is 2. The summed E-state index contributed by atoms with van der Waals surface area (Å²) in [6.07, 6.45) is 6.02. The number of carbonyl (C=O) groups is 17. The van der Waals surface area contributed by atoms with Gasteiger partial charge in [0.05, 0.1) is 43.8 Å². The molecular weight excluding hydrogens is 1770 g/mol. The molecule has 4 aromatic heterocycles. The Bertz CT molecular complexity index is 5400. The fourth-order valence-electron chi connectivity index (χ4n) is 17.5. The van der Waals surface area contributed by atoms with E-state index >= 15 is 43.2 Å². The van der Waals surface area contributed by atoms with E-state index in [1.165, 1.54) is 87.0 Å². The zero-order valence-corrected chi connectivity index (χ0v) is 78.5. The molecule has 0 spiro atoms. The summed E-state index contributed by atoms with van der Waals surface area (Å²) in [5.41, 5.74) is 14.9. The van der Waals surface area contributed by atoms with Crippen molar-refractivity contribution in [3.05, 3.63) is 150 Å². The van der Waals surface area contributed by atoms with E-state index < -0.39 is 241 Å². The van der Waals surface area contributed by atoms with Gasteiger partial charge in [0, 0.05) is 149 Å². The fraction of sp³-hybridized carbons (Fsp3) is 0.505. The summed E-state index contributed by atoms with van der Waals surface area (Å²) < 4.78 is 0. The number of hydrogen-bond donors (Lipinski definition) is 16. The van der Waals surface area contributed by atoms with Crippen LogP contribution >= 0.6 is 11.8 Å². The quantitative estimate of drug-likeness (QED) is 0.0394. The molecule has 0 aliphatic carbocycles. The van der Waals surface area contributed by atoms with E-state index in [1.807, 2.05) is 26.0 Å². The van der Waals surface area contributed by atoms with E-state index in [1.54, 1.807) is 74.8 Å². The van der Waals surface area contributed by atoms with Gasteiger partial charge in [-0.2, -0.15) is 0 Å². The number of primary amides is 2. The number of benzene rings is 3. The summed E-state index contributed by atoms with van der Waals surface area (Å²) in [7, 11) is 4.02. The van der Waals surface area contributed by atoms with E-state index in [0.717, 1.165) is 26.5 Å². The van der Waals surface area contributed by atoms with Gasteiger partial charge >= 0.3 is 0 Å². The second-order valence-corrected chi connectivity index (χ2v) is 36.7. The topological polar surface area (TPSA) is 589 Å². The number of H-pyrrole nitrogens is 3. The van der Waals surface area contributed by atoms with Gasteiger partial charge in [0.25, 0.3) is 0 Å². The number of fused-ring (bicyclic) bond motifs is 4. The molecule has 15 amide bonds. The first-order chi connectivity index (χ1) is 64.9. The predicted octanol–water partition coefficient (Wildman–Crippen LogP) is 0.627. The minimum atomic E-state index is -1.77. The lowest BCUT2D eigenvalue weighted by molar-refractivity contribution is -0.150. The SMILES string of the molecule is CCCC[C@H]1C(=O)N(C)[C@@H](CCCC)C(=O)N[C@@H](Cc2ccncc2)C(=O)N[C@H](C(=O)NCC(N)=O)CSCC(=O)N[C@@H](Cc2ccc(O)cc2)C(=O)N(C)[C@@H](C)C(=O)N[C@@H](CC(N)=O)C(=O)N2CCC[C@H]2C(=O)N[C@@H](Cc2cnc[nH]2)C(=O)N[C@@H](CC(C)C)C(=O)N2C[C@H](O)C[C@H]2C(=O)C[C@@H](Cc2c[nH]c3ccccc23)C(=O)N[C@@H](CO)C(=O)C[C@@H](Cc2c[nH]c3ccccc23)C(=O)N1C. The average molecular weight is 1900 g/mol. The van der Waals surface area contributed by atoms with Crippen molar-refractivity contribution in [2.45, 2.75) is 229 Å². The smallest absolute Gasteiger partial charge is 0.246 e. The third-order valence-electron chi connectivity index (χ3n) is 25.1. The van der Waals surface area contributed by atoms with Crippen LogP contribution in [0.5, 0.6) is 5.75 Å². The zero-order chi connectivity index (χ0) is 98.7. The molecule has 3 fully saturated rings. The molecule has 18 N–H and O–H groups in total. The van der Waals surface area contributed by atoms with Crippen LogP contribution in [0.2, 0.25) is 0 Å². The number of thioether (sulfide) groups is 1. The first kappa shape index (κ1) is 105. The summed E-state index contributed by atoms with van der Waals surface area (Å²) in [5, 5.41) is 55.8. The number of nitrogens with zero attached hydrogens (tertiary/aromatic N) is 7. The molecule has 7 heterocycles. The maximum absolute atomic E-state index is 15.9. The highest BCUT2D eigenvalue weighted by Gasteiger charge is 2.47. The van der Waals surface area contributed by atoms with Crippen LogP contribution in [-0.2, 0) is 114 Å². The number of pyridine rings is 1. The van der Waals surface area contributed by atoms with Crippen LogP contribution in [0.3, 0.4) is 0 Å². The van der Waals surface area contributed by atoms with Crippen molar-refractivity contribution in [3.63, 3.8) is 0 Å². The van der Waals surface area contributed by atoms with E-state index in [4.69, 9.17) is 11.5 Å². The molecule has 0 bridgehead atoms. The number of aliphatic hydroxyl groups excluding tert-OH is 2. The molecule has 3 aliphatic rings. The van der Waals surface area contributed by atoms with E-state index in [0.29, 0.717) is 75.4 Å². The molecule has 732 valence electrons. The van der Waals surface area contributed by atoms with Crippen LogP contribution in [0.4, 0.5) is 0 Å². The highest BCUT2D eigenvalue weighted by atomic mass is 32.2. The monoisotopic (exact) mass is 1900 g/mol. The predicted molar refractivity (Wildman–Crippen MR) is 501 cm³/mol. The van der Waals surface area contributed by atoms with Crippen LogP contribution < -0.4 is 54.0 Å². The second kappa shape index (κ2) is 49.7. The Labute approximate surface area is 791 Å². The number of aromatic nitrogens is 5. The number of aliphatic hydroxyl groups is 2. The molecule has 0 unspecified atom stereocenters. The largest absolute Gasteiger partial charge is 0.508 e. The number of carbonyl (C=O) groups excluding carboxylic acids is 17. The van der Waals surface area contributed by atoms with E-state index in [2.05, 4.69) is 67.5 Å². The Balaban J connectivity index is 1.02. The molecule has 0 saturated carbocycles. The van der Waals surface area contributed by atoms with Gasteiger partial charge in [0.2, 0.25) is 88.6 Å². The third-order valence-corrected chi connectivity index (χ3v) is 26.2. The molecule has 136 heavy (non-hydrogen) atoms. The Morgan fingerprint density at radius 2 is 1.12 bits per heavy atom. The first-order valence-electron chi connectivity index (χ1n) is 46.0.